The number of carbonyl (C=O) groups excluding carboxylic acids is 1. The second kappa shape index (κ2) is 11.8. The second-order valence-corrected chi connectivity index (χ2v) is 11.1. The summed E-state index contributed by atoms with van der Waals surface area (Å²) in [5, 5.41) is 3.48. The lowest BCUT2D eigenvalue weighted by atomic mass is 9.55. The van der Waals surface area contributed by atoms with E-state index < -0.39 is 12.2 Å². The van der Waals surface area contributed by atoms with Crippen molar-refractivity contribution in [3.63, 3.8) is 0 Å². The molecule has 0 radical (unpaired) electrons. The molecule has 0 bridgehead atoms. The van der Waals surface area contributed by atoms with Gasteiger partial charge in [-0.25, -0.2) is 4.39 Å². The van der Waals surface area contributed by atoms with Gasteiger partial charge in [0.2, 0.25) is 0 Å². The molecule has 200 valence electrons. The summed E-state index contributed by atoms with van der Waals surface area (Å²) in [7, 11) is 4.10. The quantitative estimate of drug-likeness (QED) is 0.365. The van der Waals surface area contributed by atoms with Crippen LogP contribution < -0.4 is 10.1 Å². The molecule has 1 saturated heterocycles. The van der Waals surface area contributed by atoms with E-state index in [0.29, 0.717) is 19.6 Å². The molecule has 4 atom stereocenters. The van der Waals surface area contributed by atoms with Crippen molar-refractivity contribution in [1.82, 2.24) is 10.2 Å². The van der Waals surface area contributed by atoms with Crippen molar-refractivity contribution >= 4 is 5.78 Å². The van der Waals surface area contributed by atoms with Gasteiger partial charge in [0.1, 0.15) is 11.9 Å². The molecule has 1 aliphatic heterocycles. The molecule has 1 N–H and O–H groups in total. The third-order valence-corrected chi connectivity index (χ3v) is 8.52. The number of hydrogen-bond donors (Lipinski definition) is 1. The van der Waals surface area contributed by atoms with Crippen LogP contribution in [0.2, 0.25) is 0 Å². The first kappa shape index (κ1) is 26.6. The zero-order valence-corrected chi connectivity index (χ0v) is 22.5. The smallest absolute Gasteiger partial charge is 0.154 e. The predicted octanol–water partition coefficient (Wildman–Crippen LogP) is 5.45. The lowest BCUT2D eigenvalue weighted by Crippen LogP contribution is -2.50. The summed E-state index contributed by atoms with van der Waals surface area (Å²) in [5.74, 6) is 0.529. The molecule has 38 heavy (non-hydrogen) atoms. The Labute approximate surface area is 226 Å². The number of fused-ring (bicyclic) bond motifs is 1. The molecule has 3 aromatic rings. The molecule has 5 heteroatoms. The van der Waals surface area contributed by atoms with Crippen LogP contribution in [0.3, 0.4) is 0 Å². The van der Waals surface area contributed by atoms with E-state index in [4.69, 9.17) is 4.74 Å². The van der Waals surface area contributed by atoms with Crippen LogP contribution in [0.25, 0.3) is 0 Å². The molecule has 3 aromatic carbocycles. The van der Waals surface area contributed by atoms with Crippen molar-refractivity contribution in [3.8, 4) is 5.75 Å². The Morgan fingerprint density at radius 3 is 2.21 bits per heavy atom. The Morgan fingerprint density at radius 1 is 0.974 bits per heavy atom. The van der Waals surface area contributed by atoms with Crippen molar-refractivity contribution in [2.24, 2.45) is 11.8 Å². The molecule has 0 amide bonds. The molecule has 4 nitrogen and oxygen atoms in total. The number of Topliss-reactive ketones (excluding diaryl/α,β-unsaturated/α-hetero) is 1. The normalized spacial score (nSPS) is 24.2. The highest BCUT2D eigenvalue weighted by Gasteiger charge is 2.57. The molecular formula is C33H39FN2O2. The van der Waals surface area contributed by atoms with Gasteiger partial charge in [-0.05, 0) is 68.1 Å². The zero-order valence-electron chi connectivity index (χ0n) is 22.5. The number of ether oxygens (including phenoxy) is 1. The SMILES string of the molecule is CN(C)CCCOc1ccc(CC(=O)C2NCC3C2C(F)CCC3(c2ccccc2)c2ccccc2)cc1. The average molecular weight is 515 g/mol. The minimum atomic E-state index is -0.998. The maximum Gasteiger partial charge on any atom is 0.154 e. The van der Waals surface area contributed by atoms with Crippen molar-refractivity contribution in [1.29, 1.82) is 0 Å². The summed E-state index contributed by atoms with van der Waals surface area (Å²) in [6.45, 7) is 2.27. The molecular weight excluding hydrogens is 475 g/mol. The van der Waals surface area contributed by atoms with Crippen molar-refractivity contribution in [2.75, 3.05) is 33.8 Å². The Balaban J connectivity index is 1.33. The maximum atomic E-state index is 15.7. The fourth-order valence-corrected chi connectivity index (χ4v) is 6.73. The van der Waals surface area contributed by atoms with Crippen LogP contribution in [0, 0.1) is 11.8 Å². The van der Waals surface area contributed by atoms with E-state index >= 15 is 4.39 Å². The number of halogens is 1. The minimum Gasteiger partial charge on any atom is -0.494 e. The maximum absolute atomic E-state index is 15.7. The van der Waals surface area contributed by atoms with Crippen LogP contribution in [-0.4, -0.2) is 56.7 Å². The predicted molar refractivity (Wildman–Crippen MR) is 150 cm³/mol. The zero-order chi connectivity index (χ0) is 26.5. The Hall–Kier alpha value is -3.02. The van der Waals surface area contributed by atoms with Gasteiger partial charge in [0.05, 0.1) is 12.6 Å². The van der Waals surface area contributed by atoms with Crippen molar-refractivity contribution in [2.45, 2.75) is 43.3 Å². The van der Waals surface area contributed by atoms with Crippen LogP contribution in [0.4, 0.5) is 4.39 Å². The number of rotatable bonds is 10. The summed E-state index contributed by atoms with van der Waals surface area (Å²) in [5.41, 5.74) is 3.04. The van der Waals surface area contributed by atoms with Crippen LogP contribution in [0.5, 0.6) is 5.75 Å². The number of carbonyl (C=O) groups is 1. The van der Waals surface area contributed by atoms with Gasteiger partial charge >= 0.3 is 0 Å². The largest absolute Gasteiger partial charge is 0.494 e. The van der Waals surface area contributed by atoms with Gasteiger partial charge in [0, 0.05) is 30.8 Å². The van der Waals surface area contributed by atoms with E-state index in [2.05, 4.69) is 72.8 Å². The molecule has 5 rings (SSSR count). The van der Waals surface area contributed by atoms with Crippen molar-refractivity contribution in [3.05, 3.63) is 102 Å². The number of hydrogen-bond acceptors (Lipinski definition) is 4. The molecule has 1 saturated carbocycles. The average Bonchev–Trinajstić information content (AvgIpc) is 3.40. The highest BCUT2D eigenvalue weighted by atomic mass is 19.1. The standard InChI is InChI=1S/C33H39FN2O2/c1-36(2)20-9-21-38-27-16-14-24(15-17-27)22-30(37)32-31-28(23-35-32)33(19-18-29(31)34,25-10-5-3-6-11-25)26-12-7-4-8-13-26/h3-8,10-17,28-29,31-32,35H,9,18-23H2,1-2H3. The first-order chi connectivity index (χ1) is 18.5. The van der Waals surface area contributed by atoms with E-state index in [0.717, 1.165) is 30.7 Å². The van der Waals surface area contributed by atoms with E-state index in [1.807, 2.05) is 36.4 Å². The molecule has 2 fully saturated rings. The van der Waals surface area contributed by atoms with E-state index in [1.165, 1.54) is 11.1 Å². The molecule has 0 spiro atoms. The van der Waals surface area contributed by atoms with Gasteiger partial charge in [-0.2, -0.15) is 0 Å². The monoisotopic (exact) mass is 514 g/mol. The molecule has 2 aliphatic rings. The molecule has 1 aliphatic carbocycles. The number of alkyl halides is 1. The lowest BCUT2D eigenvalue weighted by molar-refractivity contribution is -0.122. The molecule has 4 unspecified atom stereocenters. The molecule has 0 aromatic heterocycles. The van der Waals surface area contributed by atoms with Gasteiger partial charge in [-0.15, -0.1) is 0 Å². The Morgan fingerprint density at radius 2 is 1.61 bits per heavy atom. The summed E-state index contributed by atoms with van der Waals surface area (Å²) in [6.07, 6.45) is 1.44. The van der Waals surface area contributed by atoms with E-state index in [-0.39, 0.29) is 29.5 Å². The minimum absolute atomic E-state index is 0.00272. The number of ketones is 1. The van der Waals surface area contributed by atoms with E-state index in [9.17, 15) is 4.79 Å². The third-order valence-electron chi connectivity index (χ3n) is 8.52. The summed E-state index contributed by atoms with van der Waals surface area (Å²) < 4.78 is 21.5. The van der Waals surface area contributed by atoms with Gasteiger partial charge in [0.15, 0.2) is 5.78 Å². The van der Waals surface area contributed by atoms with E-state index in [1.54, 1.807) is 0 Å². The number of nitrogens with one attached hydrogen (secondary N) is 1. The number of nitrogens with zero attached hydrogens (tertiary/aromatic N) is 1. The van der Waals surface area contributed by atoms with Crippen LogP contribution in [0.1, 0.15) is 36.0 Å². The topological polar surface area (TPSA) is 41.6 Å². The Kier molecular flexibility index (Phi) is 8.25. The second-order valence-electron chi connectivity index (χ2n) is 11.1. The fraction of sp³-hybridized carbons (Fsp3) is 0.424. The summed E-state index contributed by atoms with van der Waals surface area (Å²) in [6, 6.07) is 28.3. The highest BCUT2D eigenvalue weighted by molar-refractivity contribution is 5.87. The fourth-order valence-electron chi connectivity index (χ4n) is 6.73. The van der Waals surface area contributed by atoms with Gasteiger partial charge in [-0.1, -0.05) is 72.8 Å². The summed E-state index contributed by atoms with van der Waals surface area (Å²) >= 11 is 0. The third kappa shape index (κ3) is 5.41. The van der Waals surface area contributed by atoms with Gasteiger partial charge in [-0.3, -0.25) is 4.79 Å². The van der Waals surface area contributed by atoms with Crippen LogP contribution >= 0.6 is 0 Å². The van der Waals surface area contributed by atoms with Gasteiger partial charge in [0.25, 0.3) is 0 Å². The van der Waals surface area contributed by atoms with Crippen LogP contribution in [0.15, 0.2) is 84.9 Å². The van der Waals surface area contributed by atoms with Crippen LogP contribution in [-0.2, 0) is 16.6 Å². The molecule has 1 heterocycles. The van der Waals surface area contributed by atoms with Gasteiger partial charge < -0.3 is 15.0 Å². The number of benzene rings is 3. The Bertz CT molecular complexity index is 1140. The lowest BCUT2D eigenvalue weighted by Gasteiger charge is -2.48. The van der Waals surface area contributed by atoms with Crippen molar-refractivity contribution < 1.29 is 13.9 Å². The summed E-state index contributed by atoms with van der Waals surface area (Å²) in [4.78, 5) is 15.7. The first-order valence-electron chi connectivity index (χ1n) is 13.9. The first-order valence-corrected chi connectivity index (χ1v) is 13.9. The highest BCUT2D eigenvalue weighted by Crippen LogP contribution is 2.54.